The third-order valence-electron chi connectivity index (χ3n) is 4.16. The Balaban J connectivity index is 2.34. The molecule has 0 aliphatic carbocycles. The van der Waals surface area contributed by atoms with Crippen LogP contribution in [0.1, 0.15) is 15.9 Å². The number of carbonyl (C=O) groups is 1. The highest BCUT2D eigenvalue weighted by molar-refractivity contribution is 6.07. The lowest BCUT2D eigenvalue weighted by molar-refractivity contribution is -0.138. The number of halogens is 3. The fourth-order valence-corrected chi connectivity index (χ4v) is 2.90. The number of hydrogen-bond donors (Lipinski definition) is 0. The normalized spacial score (nSPS) is 11.3. The first-order chi connectivity index (χ1) is 13.3. The van der Waals surface area contributed by atoms with Gasteiger partial charge in [-0.25, -0.2) is 16.4 Å². The molecule has 0 atom stereocenters. The van der Waals surface area contributed by atoms with Crippen LogP contribution in [-0.4, -0.2) is 29.4 Å². The maximum absolute atomic E-state index is 13.5. The fraction of sp³-hybridized carbons (Fsp3) is 0.211. The van der Waals surface area contributed by atoms with Crippen LogP contribution in [0, 0.1) is 6.57 Å². The zero-order valence-electron chi connectivity index (χ0n) is 14.9. The number of rotatable bonds is 4. The van der Waals surface area contributed by atoms with E-state index in [1.807, 2.05) is 0 Å². The maximum Gasteiger partial charge on any atom is 0.419 e. The zero-order valence-corrected chi connectivity index (χ0v) is 14.9. The van der Waals surface area contributed by atoms with Gasteiger partial charge in [-0.05, 0) is 35.0 Å². The van der Waals surface area contributed by atoms with E-state index in [2.05, 4.69) is 9.83 Å². The number of ether oxygens (including phenoxy) is 2. The van der Waals surface area contributed by atoms with Gasteiger partial charge in [-0.1, -0.05) is 0 Å². The van der Waals surface area contributed by atoms with Crippen molar-refractivity contribution >= 4 is 16.7 Å². The monoisotopic (exact) mass is 389 g/mol. The molecular formula is C19H14F3N3O3. The van der Waals surface area contributed by atoms with E-state index in [0.29, 0.717) is 11.3 Å². The first kappa shape index (κ1) is 19.2. The topological polar surface area (TPSA) is 57.7 Å². The highest BCUT2D eigenvalue weighted by Crippen LogP contribution is 2.40. The van der Waals surface area contributed by atoms with Crippen molar-refractivity contribution in [3.05, 3.63) is 59.3 Å². The molecule has 0 amide bonds. The number of aromatic nitrogens is 2. The number of alkyl halides is 3. The third kappa shape index (κ3) is 3.49. The van der Waals surface area contributed by atoms with Crippen LogP contribution < -0.4 is 4.74 Å². The van der Waals surface area contributed by atoms with Gasteiger partial charge in [0.05, 0.1) is 36.5 Å². The van der Waals surface area contributed by atoms with Gasteiger partial charge in [-0.3, -0.25) is 4.85 Å². The Morgan fingerprint density at radius 2 is 2.04 bits per heavy atom. The minimum atomic E-state index is -4.69. The second kappa shape index (κ2) is 7.23. The first-order valence-corrected chi connectivity index (χ1v) is 7.96. The number of carbonyl (C=O) groups excluding carboxylic acids is 1. The molecule has 2 aromatic carbocycles. The predicted octanol–water partition coefficient (Wildman–Crippen LogP) is 4.30. The van der Waals surface area contributed by atoms with Gasteiger partial charge in [0.15, 0.2) is 0 Å². The fourth-order valence-electron chi connectivity index (χ4n) is 2.90. The van der Waals surface area contributed by atoms with Crippen molar-refractivity contribution < 1.29 is 27.4 Å². The van der Waals surface area contributed by atoms with Crippen LogP contribution in [0.2, 0.25) is 0 Å². The van der Waals surface area contributed by atoms with Crippen molar-refractivity contribution in [3.63, 3.8) is 0 Å². The summed E-state index contributed by atoms with van der Waals surface area (Å²) < 4.78 is 52.0. The molecule has 9 heteroatoms. The lowest BCUT2D eigenvalue weighted by atomic mass is 9.97. The van der Waals surface area contributed by atoms with E-state index < -0.39 is 30.2 Å². The molecule has 28 heavy (non-hydrogen) atoms. The van der Waals surface area contributed by atoms with E-state index in [4.69, 9.17) is 16.0 Å². The van der Waals surface area contributed by atoms with Crippen LogP contribution >= 0.6 is 0 Å². The van der Waals surface area contributed by atoms with E-state index in [9.17, 15) is 18.0 Å². The summed E-state index contributed by atoms with van der Waals surface area (Å²) in [5, 5.41) is 0.410. The summed E-state index contributed by atoms with van der Waals surface area (Å²) in [6.07, 6.45) is -1.61. The second-order valence-electron chi connectivity index (χ2n) is 5.90. The molecule has 3 aromatic rings. The lowest BCUT2D eigenvalue weighted by Gasteiger charge is -2.15. The van der Waals surface area contributed by atoms with Crippen LogP contribution in [0.5, 0.6) is 5.75 Å². The Bertz CT molecular complexity index is 1100. The molecule has 0 unspecified atom stereocenters. The molecule has 0 saturated carbocycles. The summed E-state index contributed by atoms with van der Waals surface area (Å²) in [5.74, 6) is -1.22. The SMILES string of the molecule is [C-]#[N+]COc1cc2c(C(=O)OC)cc(-c3cncn3C)cc2cc1C(F)(F)F. The van der Waals surface area contributed by atoms with Crippen LogP contribution in [0.15, 0.2) is 36.8 Å². The first-order valence-electron chi connectivity index (χ1n) is 7.96. The van der Waals surface area contributed by atoms with Gasteiger partial charge in [-0.15, -0.1) is 0 Å². The van der Waals surface area contributed by atoms with Crippen molar-refractivity contribution in [2.24, 2.45) is 7.05 Å². The molecule has 0 bridgehead atoms. The average molecular weight is 389 g/mol. The smallest absolute Gasteiger partial charge is 0.419 e. The quantitative estimate of drug-likeness (QED) is 0.493. The Labute approximate surface area is 157 Å². The molecule has 0 aliphatic rings. The summed E-state index contributed by atoms with van der Waals surface area (Å²) in [5.41, 5.74) is 0.184. The summed E-state index contributed by atoms with van der Waals surface area (Å²) in [6, 6.07) is 5.08. The lowest BCUT2D eigenvalue weighted by Crippen LogP contribution is -2.10. The molecule has 1 heterocycles. The standard InChI is InChI=1S/C19H14F3N3O3/c1-23-10-28-17-7-13-11(6-15(17)19(20,21)22)4-12(5-14(13)18(26)27-3)16-8-24-9-25(16)2/h4-9H,10H2,2-3H3. The van der Waals surface area contributed by atoms with E-state index in [1.165, 1.54) is 19.2 Å². The summed E-state index contributed by atoms with van der Waals surface area (Å²) in [4.78, 5) is 19.2. The Kier molecular flexibility index (Phi) is 4.96. The molecule has 0 fully saturated rings. The molecule has 1 aromatic heterocycles. The van der Waals surface area contributed by atoms with Crippen molar-refractivity contribution in [2.75, 3.05) is 13.8 Å². The van der Waals surface area contributed by atoms with Crippen LogP contribution in [0.4, 0.5) is 13.2 Å². The van der Waals surface area contributed by atoms with Gasteiger partial charge < -0.3 is 14.0 Å². The molecule has 0 spiro atoms. The number of imidazole rings is 1. The molecule has 0 radical (unpaired) electrons. The molecule has 6 nitrogen and oxygen atoms in total. The number of hydrogen-bond acceptors (Lipinski definition) is 4. The summed E-state index contributed by atoms with van der Waals surface area (Å²) in [6.45, 7) is 6.17. The zero-order chi connectivity index (χ0) is 20.5. The van der Waals surface area contributed by atoms with Crippen molar-refractivity contribution in [2.45, 2.75) is 6.18 Å². The predicted molar refractivity (Wildman–Crippen MR) is 94.6 cm³/mol. The Morgan fingerprint density at radius 3 is 2.61 bits per heavy atom. The molecule has 0 N–H and O–H groups in total. The van der Waals surface area contributed by atoms with Crippen molar-refractivity contribution in [1.82, 2.24) is 9.55 Å². The van der Waals surface area contributed by atoms with Crippen molar-refractivity contribution in [1.29, 1.82) is 0 Å². The number of methoxy groups -OCH3 is 1. The van der Waals surface area contributed by atoms with E-state index in [1.54, 1.807) is 24.1 Å². The van der Waals surface area contributed by atoms with Gasteiger partial charge in [0.2, 0.25) is 0 Å². The van der Waals surface area contributed by atoms with Gasteiger partial charge in [-0.2, -0.15) is 13.2 Å². The van der Waals surface area contributed by atoms with E-state index >= 15 is 0 Å². The summed E-state index contributed by atoms with van der Waals surface area (Å²) >= 11 is 0. The van der Waals surface area contributed by atoms with Gasteiger partial charge >= 0.3 is 18.9 Å². The van der Waals surface area contributed by atoms with Gasteiger partial charge in [0, 0.05) is 12.6 Å². The second-order valence-corrected chi connectivity index (χ2v) is 5.90. The van der Waals surface area contributed by atoms with E-state index in [0.717, 1.165) is 12.1 Å². The molecule has 3 rings (SSSR count). The molecule has 0 aliphatic heterocycles. The van der Waals surface area contributed by atoms with Gasteiger partial charge in [0.1, 0.15) is 5.75 Å². The highest BCUT2D eigenvalue weighted by Gasteiger charge is 2.35. The summed E-state index contributed by atoms with van der Waals surface area (Å²) in [7, 11) is 2.91. The van der Waals surface area contributed by atoms with Crippen LogP contribution in [0.3, 0.4) is 0 Å². The van der Waals surface area contributed by atoms with Gasteiger partial charge in [0.25, 0.3) is 0 Å². The number of benzene rings is 2. The number of aryl methyl sites for hydroxylation is 1. The number of fused-ring (bicyclic) bond motifs is 1. The highest BCUT2D eigenvalue weighted by atomic mass is 19.4. The largest absolute Gasteiger partial charge is 0.465 e. The average Bonchev–Trinajstić information content (AvgIpc) is 3.09. The molecule has 0 saturated heterocycles. The molecule has 144 valence electrons. The van der Waals surface area contributed by atoms with E-state index in [-0.39, 0.29) is 16.3 Å². The van der Waals surface area contributed by atoms with Crippen LogP contribution in [-0.2, 0) is 18.0 Å². The number of esters is 1. The van der Waals surface area contributed by atoms with Crippen LogP contribution in [0.25, 0.3) is 26.9 Å². The minimum absolute atomic E-state index is 0.0811. The maximum atomic E-state index is 13.5. The molecular weight excluding hydrogens is 375 g/mol. The van der Waals surface area contributed by atoms with Crippen molar-refractivity contribution in [3.8, 4) is 17.0 Å². The third-order valence-corrected chi connectivity index (χ3v) is 4.16. The Morgan fingerprint density at radius 1 is 1.29 bits per heavy atom. The Hall–Kier alpha value is -3.54. The minimum Gasteiger partial charge on any atom is -0.465 e. The number of nitrogens with zero attached hydrogens (tertiary/aromatic N) is 3.